The molecule has 0 aromatic carbocycles. The number of carboxylic acid groups (broad SMARTS) is 1. The monoisotopic (exact) mass is 297 g/mol. The summed E-state index contributed by atoms with van der Waals surface area (Å²) in [6.07, 6.45) is 6.43. The Kier molecular flexibility index (Phi) is 5.85. The summed E-state index contributed by atoms with van der Waals surface area (Å²) in [6.45, 7) is 5.12. The van der Waals surface area contributed by atoms with Crippen molar-refractivity contribution in [3.63, 3.8) is 0 Å². The average Bonchev–Trinajstić information content (AvgIpc) is 3.01. The summed E-state index contributed by atoms with van der Waals surface area (Å²) in [4.78, 5) is 27.5. The number of piperazine rings is 1. The van der Waals surface area contributed by atoms with Crippen LogP contribution in [0.4, 0.5) is 4.79 Å². The highest BCUT2D eigenvalue weighted by molar-refractivity contribution is 5.82. The molecule has 1 saturated heterocycles. The zero-order valence-corrected chi connectivity index (χ0v) is 12.9. The van der Waals surface area contributed by atoms with Crippen LogP contribution in [0.1, 0.15) is 45.4 Å². The molecular formula is C15H27N3O3. The van der Waals surface area contributed by atoms with E-state index >= 15 is 0 Å². The van der Waals surface area contributed by atoms with Gasteiger partial charge in [-0.1, -0.05) is 26.2 Å². The van der Waals surface area contributed by atoms with Crippen LogP contribution < -0.4 is 5.32 Å². The Morgan fingerprint density at radius 1 is 1.19 bits per heavy atom. The number of urea groups is 1. The van der Waals surface area contributed by atoms with Crippen molar-refractivity contribution in [3.05, 3.63) is 0 Å². The van der Waals surface area contributed by atoms with Crippen molar-refractivity contribution in [3.8, 4) is 0 Å². The number of hydrogen-bond acceptors (Lipinski definition) is 3. The van der Waals surface area contributed by atoms with Crippen LogP contribution in [-0.2, 0) is 4.79 Å². The Balaban J connectivity index is 1.78. The maximum Gasteiger partial charge on any atom is 0.326 e. The van der Waals surface area contributed by atoms with Crippen molar-refractivity contribution in [2.45, 2.75) is 57.5 Å². The molecule has 1 atom stereocenters. The Labute approximate surface area is 126 Å². The standard InChI is InChI=1S/C15H27N3O3/c1-2-5-13(14(19)20)16-15(21)18-10-8-17(9-11-18)12-6-3-4-7-12/h12-13H,2-11H2,1H3,(H,16,21)(H,19,20)/t13-/m0/s1. The van der Waals surface area contributed by atoms with Gasteiger partial charge in [-0.2, -0.15) is 0 Å². The van der Waals surface area contributed by atoms with E-state index in [1.165, 1.54) is 25.7 Å². The molecule has 2 fully saturated rings. The smallest absolute Gasteiger partial charge is 0.326 e. The third kappa shape index (κ3) is 4.33. The number of amides is 2. The lowest BCUT2D eigenvalue weighted by Gasteiger charge is -2.38. The van der Waals surface area contributed by atoms with Gasteiger partial charge in [-0.05, 0) is 19.3 Å². The fraction of sp³-hybridized carbons (Fsp3) is 0.867. The third-order valence-corrected chi connectivity index (χ3v) is 4.62. The van der Waals surface area contributed by atoms with E-state index in [0.29, 0.717) is 25.6 Å². The number of carboxylic acids is 1. The van der Waals surface area contributed by atoms with Crippen molar-refractivity contribution in [2.75, 3.05) is 26.2 Å². The maximum atomic E-state index is 12.1. The number of hydrogen-bond donors (Lipinski definition) is 2. The molecule has 21 heavy (non-hydrogen) atoms. The first-order valence-corrected chi connectivity index (χ1v) is 8.14. The molecule has 120 valence electrons. The molecule has 2 amide bonds. The molecule has 0 aromatic heterocycles. The molecule has 1 aliphatic carbocycles. The summed E-state index contributed by atoms with van der Waals surface area (Å²) in [7, 11) is 0. The zero-order valence-electron chi connectivity index (χ0n) is 12.9. The lowest BCUT2D eigenvalue weighted by atomic mass is 10.1. The number of nitrogens with zero attached hydrogens (tertiary/aromatic N) is 2. The minimum Gasteiger partial charge on any atom is -0.480 e. The fourth-order valence-corrected chi connectivity index (χ4v) is 3.35. The number of carbonyl (C=O) groups excluding carboxylic acids is 1. The molecule has 1 saturated carbocycles. The van der Waals surface area contributed by atoms with Crippen LogP contribution >= 0.6 is 0 Å². The normalized spacial score (nSPS) is 22.2. The Bertz CT molecular complexity index is 361. The van der Waals surface area contributed by atoms with Crippen LogP contribution in [0.25, 0.3) is 0 Å². The summed E-state index contributed by atoms with van der Waals surface area (Å²) in [5, 5.41) is 11.7. The highest BCUT2D eigenvalue weighted by Crippen LogP contribution is 2.24. The molecule has 2 N–H and O–H groups in total. The topological polar surface area (TPSA) is 72.9 Å². The van der Waals surface area contributed by atoms with Gasteiger partial charge in [0.05, 0.1) is 0 Å². The van der Waals surface area contributed by atoms with Crippen molar-refractivity contribution in [2.24, 2.45) is 0 Å². The minimum atomic E-state index is -0.949. The largest absolute Gasteiger partial charge is 0.480 e. The second-order valence-electron chi connectivity index (χ2n) is 6.09. The van der Waals surface area contributed by atoms with Gasteiger partial charge in [-0.25, -0.2) is 9.59 Å². The molecule has 0 radical (unpaired) electrons. The maximum absolute atomic E-state index is 12.1. The van der Waals surface area contributed by atoms with Crippen molar-refractivity contribution in [1.82, 2.24) is 15.1 Å². The number of rotatable bonds is 5. The van der Waals surface area contributed by atoms with Crippen molar-refractivity contribution < 1.29 is 14.7 Å². The summed E-state index contributed by atoms with van der Waals surface area (Å²) < 4.78 is 0. The third-order valence-electron chi connectivity index (χ3n) is 4.62. The van der Waals surface area contributed by atoms with Gasteiger partial charge in [0.2, 0.25) is 0 Å². The van der Waals surface area contributed by atoms with Gasteiger partial charge in [0.1, 0.15) is 6.04 Å². The van der Waals surface area contributed by atoms with Crippen LogP contribution in [0.2, 0.25) is 0 Å². The van der Waals surface area contributed by atoms with E-state index in [1.807, 2.05) is 6.92 Å². The predicted octanol–water partition coefficient (Wildman–Crippen LogP) is 1.51. The second kappa shape index (κ2) is 7.64. The van der Waals surface area contributed by atoms with Gasteiger partial charge in [0.15, 0.2) is 0 Å². The first-order valence-electron chi connectivity index (χ1n) is 8.14. The van der Waals surface area contributed by atoms with E-state index in [0.717, 1.165) is 19.5 Å². The quantitative estimate of drug-likeness (QED) is 0.807. The molecule has 6 nitrogen and oxygen atoms in total. The van der Waals surface area contributed by atoms with E-state index in [2.05, 4.69) is 10.2 Å². The number of aliphatic carboxylic acids is 1. The fourth-order valence-electron chi connectivity index (χ4n) is 3.35. The molecule has 0 aromatic rings. The van der Waals surface area contributed by atoms with Crippen LogP contribution in [0, 0.1) is 0 Å². The molecule has 0 bridgehead atoms. The van der Waals surface area contributed by atoms with E-state index in [4.69, 9.17) is 5.11 Å². The van der Waals surface area contributed by atoms with E-state index in [1.54, 1.807) is 4.90 Å². The molecule has 2 rings (SSSR count). The minimum absolute atomic E-state index is 0.234. The molecule has 1 aliphatic heterocycles. The SMILES string of the molecule is CCC[C@H](NC(=O)N1CCN(C2CCCC2)CC1)C(=O)O. The van der Waals surface area contributed by atoms with E-state index < -0.39 is 12.0 Å². The molecule has 2 aliphatic rings. The van der Waals surface area contributed by atoms with Crippen LogP contribution in [0.3, 0.4) is 0 Å². The van der Waals surface area contributed by atoms with Crippen molar-refractivity contribution >= 4 is 12.0 Å². The van der Waals surface area contributed by atoms with Crippen molar-refractivity contribution in [1.29, 1.82) is 0 Å². The van der Waals surface area contributed by atoms with Gasteiger partial charge in [-0.15, -0.1) is 0 Å². The number of nitrogens with one attached hydrogen (secondary N) is 1. The van der Waals surface area contributed by atoms with Crippen LogP contribution in [0.5, 0.6) is 0 Å². The summed E-state index contributed by atoms with van der Waals surface area (Å²) in [6, 6.07) is -0.306. The second-order valence-corrected chi connectivity index (χ2v) is 6.09. The Hall–Kier alpha value is -1.30. The average molecular weight is 297 g/mol. The highest BCUT2D eigenvalue weighted by Gasteiger charge is 2.29. The van der Waals surface area contributed by atoms with E-state index in [9.17, 15) is 9.59 Å². The van der Waals surface area contributed by atoms with Gasteiger partial charge in [-0.3, -0.25) is 4.90 Å². The molecule has 0 unspecified atom stereocenters. The van der Waals surface area contributed by atoms with Crippen LogP contribution in [0.15, 0.2) is 0 Å². The highest BCUT2D eigenvalue weighted by atomic mass is 16.4. The van der Waals surface area contributed by atoms with Gasteiger partial charge >= 0.3 is 12.0 Å². The summed E-state index contributed by atoms with van der Waals surface area (Å²) in [5.74, 6) is -0.949. The summed E-state index contributed by atoms with van der Waals surface area (Å²) >= 11 is 0. The summed E-state index contributed by atoms with van der Waals surface area (Å²) in [5.41, 5.74) is 0. The molecular weight excluding hydrogens is 270 g/mol. The Morgan fingerprint density at radius 3 is 2.33 bits per heavy atom. The molecule has 1 heterocycles. The first-order chi connectivity index (χ1) is 10.1. The van der Waals surface area contributed by atoms with Gasteiger partial charge in [0, 0.05) is 32.2 Å². The Morgan fingerprint density at radius 2 is 1.81 bits per heavy atom. The van der Waals surface area contributed by atoms with E-state index in [-0.39, 0.29) is 6.03 Å². The molecule has 6 heteroatoms. The molecule has 0 spiro atoms. The zero-order chi connectivity index (χ0) is 15.2. The van der Waals surface area contributed by atoms with Gasteiger partial charge < -0.3 is 15.3 Å². The first kappa shape index (κ1) is 16.1. The van der Waals surface area contributed by atoms with Gasteiger partial charge in [0.25, 0.3) is 0 Å². The lowest BCUT2D eigenvalue weighted by molar-refractivity contribution is -0.139. The lowest BCUT2D eigenvalue weighted by Crippen LogP contribution is -2.56. The number of carbonyl (C=O) groups is 2. The van der Waals surface area contributed by atoms with Crippen LogP contribution in [-0.4, -0.2) is 65.2 Å². The predicted molar refractivity (Wildman–Crippen MR) is 80.3 cm³/mol.